The van der Waals surface area contributed by atoms with Gasteiger partial charge in [-0.15, -0.1) is 0 Å². The molecule has 0 unspecified atom stereocenters. The summed E-state index contributed by atoms with van der Waals surface area (Å²) in [5.41, 5.74) is 1.57. The molecule has 0 spiro atoms. The number of nitrogens with zero attached hydrogens (tertiary/aromatic N) is 2. The van der Waals surface area contributed by atoms with E-state index < -0.39 is 5.60 Å². The Morgan fingerprint density at radius 2 is 1.95 bits per heavy atom. The number of aryl methyl sites for hydroxylation is 1. The first-order valence-electron chi connectivity index (χ1n) is 7.12. The largest absolute Gasteiger partial charge is 0.379 e. The van der Waals surface area contributed by atoms with Crippen molar-refractivity contribution in [2.75, 3.05) is 5.32 Å². The van der Waals surface area contributed by atoms with Crippen LogP contribution in [0.1, 0.15) is 24.6 Å². The van der Waals surface area contributed by atoms with Crippen LogP contribution in [0.25, 0.3) is 0 Å². The van der Waals surface area contributed by atoms with E-state index >= 15 is 0 Å². The first-order valence-corrected chi connectivity index (χ1v) is 7.12. The number of benzene rings is 1. The predicted octanol–water partition coefficient (Wildman–Crippen LogP) is 2.91. The number of hydrogen-bond acceptors (Lipinski definition) is 4. The van der Waals surface area contributed by atoms with E-state index in [1.807, 2.05) is 49.4 Å². The zero-order valence-electron chi connectivity index (χ0n) is 12.5. The Bertz CT molecular complexity index is 728. The maximum Gasteiger partial charge on any atom is 0.272 e. The molecule has 112 valence electrons. The van der Waals surface area contributed by atoms with E-state index in [-0.39, 0.29) is 5.91 Å². The number of rotatable bonds is 3. The summed E-state index contributed by atoms with van der Waals surface area (Å²) in [4.78, 5) is 22.2. The van der Waals surface area contributed by atoms with E-state index in [9.17, 15) is 4.79 Å². The van der Waals surface area contributed by atoms with Crippen molar-refractivity contribution in [3.63, 3.8) is 0 Å². The zero-order chi connectivity index (χ0) is 15.6. The van der Waals surface area contributed by atoms with Gasteiger partial charge in [0.15, 0.2) is 0 Å². The van der Waals surface area contributed by atoms with Crippen LogP contribution in [0, 0.1) is 6.92 Å². The molecule has 22 heavy (non-hydrogen) atoms. The van der Waals surface area contributed by atoms with Gasteiger partial charge < -0.3 is 10.2 Å². The van der Waals surface area contributed by atoms with E-state index in [1.54, 1.807) is 13.0 Å². The van der Waals surface area contributed by atoms with Crippen molar-refractivity contribution in [2.24, 2.45) is 5.16 Å². The van der Waals surface area contributed by atoms with Gasteiger partial charge in [0.05, 0.1) is 5.71 Å². The molecule has 1 aromatic carbocycles. The molecule has 0 saturated carbocycles. The lowest BCUT2D eigenvalue weighted by Gasteiger charge is -2.20. The summed E-state index contributed by atoms with van der Waals surface area (Å²) < 4.78 is 0. The Kier molecular flexibility index (Phi) is 3.63. The molecular formula is C17H17N3O2. The van der Waals surface area contributed by atoms with Crippen LogP contribution in [-0.2, 0) is 9.63 Å². The van der Waals surface area contributed by atoms with Crippen LogP contribution in [0.4, 0.5) is 5.82 Å². The van der Waals surface area contributed by atoms with Gasteiger partial charge in [-0.3, -0.25) is 4.79 Å². The molecule has 1 aromatic heterocycles. The number of pyridine rings is 1. The molecule has 1 N–H and O–H groups in total. The Hall–Kier alpha value is -2.69. The second kappa shape index (κ2) is 5.60. The van der Waals surface area contributed by atoms with Gasteiger partial charge in [0.2, 0.25) is 5.60 Å². The maximum absolute atomic E-state index is 12.5. The van der Waals surface area contributed by atoms with E-state index in [1.165, 1.54) is 0 Å². The van der Waals surface area contributed by atoms with Crippen molar-refractivity contribution in [2.45, 2.75) is 25.9 Å². The highest BCUT2D eigenvalue weighted by atomic mass is 16.7. The second-order valence-corrected chi connectivity index (χ2v) is 5.52. The lowest BCUT2D eigenvalue weighted by Crippen LogP contribution is -2.40. The summed E-state index contributed by atoms with van der Waals surface area (Å²) in [5, 5.41) is 6.86. The van der Waals surface area contributed by atoms with Gasteiger partial charge in [0, 0.05) is 12.1 Å². The molecule has 1 atom stereocenters. The number of hydrogen-bond donors (Lipinski definition) is 1. The van der Waals surface area contributed by atoms with Crippen molar-refractivity contribution < 1.29 is 9.63 Å². The minimum Gasteiger partial charge on any atom is -0.379 e. The number of amides is 1. The summed E-state index contributed by atoms with van der Waals surface area (Å²) in [6, 6.07) is 15.2. The number of anilines is 1. The fourth-order valence-corrected chi connectivity index (χ4v) is 2.31. The van der Waals surface area contributed by atoms with Crippen LogP contribution in [0.5, 0.6) is 0 Å². The van der Waals surface area contributed by atoms with Crippen LogP contribution in [0.2, 0.25) is 0 Å². The molecule has 5 heteroatoms. The standard InChI is InChI=1S/C17H17N3O2/c1-12-7-6-10-15(18-12)19-16(21)17(2)11-14(20-22-17)13-8-4-3-5-9-13/h3-10H,11H2,1-2H3,(H,18,19,21)/t17-/m0/s1. The molecule has 3 rings (SSSR count). The molecule has 0 aliphatic carbocycles. The van der Waals surface area contributed by atoms with Crippen molar-refractivity contribution in [3.05, 3.63) is 59.8 Å². The Morgan fingerprint density at radius 3 is 2.68 bits per heavy atom. The molecule has 2 heterocycles. The van der Waals surface area contributed by atoms with Crippen molar-refractivity contribution >= 4 is 17.4 Å². The van der Waals surface area contributed by atoms with E-state index in [2.05, 4.69) is 15.5 Å². The van der Waals surface area contributed by atoms with E-state index in [0.29, 0.717) is 12.2 Å². The number of oxime groups is 1. The van der Waals surface area contributed by atoms with Crippen LogP contribution >= 0.6 is 0 Å². The smallest absolute Gasteiger partial charge is 0.272 e. The van der Waals surface area contributed by atoms with Gasteiger partial charge in [0.1, 0.15) is 5.82 Å². The third-order valence-corrected chi connectivity index (χ3v) is 3.58. The minimum atomic E-state index is -1.02. The molecule has 0 fully saturated rings. The summed E-state index contributed by atoms with van der Waals surface area (Å²) >= 11 is 0. The topological polar surface area (TPSA) is 63.6 Å². The lowest BCUT2D eigenvalue weighted by atomic mass is 9.95. The van der Waals surface area contributed by atoms with Gasteiger partial charge in [-0.1, -0.05) is 41.6 Å². The van der Waals surface area contributed by atoms with Gasteiger partial charge in [-0.2, -0.15) is 0 Å². The third kappa shape index (κ3) is 2.83. The molecule has 2 aromatic rings. The fourth-order valence-electron chi connectivity index (χ4n) is 2.31. The third-order valence-electron chi connectivity index (χ3n) is 3.58. The number of nitrogens with one attached hydrogen (secondary N) is 1. The van der Waals surface area contributed by atoms with Crippen LogP contribution in [0.15, 0.2) is 53.7 Å². The maximum atomic E-state index is 12.5. The molecule has 1 aliphatic heterocycles. The predicted molar refractivity (Wildman–Crippen MR) is 84.7 cm³/mol. The van der Waals surface area contributed by atoms with Gasteiger partial charge in [-0.05, 0) is 31.5 Å². The van der Waals surface area contributed by atoms with Crippen LogP contribution in [0.3, 0.4) is 0 Å². The van der Waals surface area contributed by atoms with Crippen molar-refractivity contribution in [3.8, 4) is 0 Å². The van der Waals surface area contributed by atoms with Crippen molar-refractivity contribution in [1.82, 2.24) is 4.98 Å². The molecule has 0 bridgehead atoms. The van der Waals surface area contributed by atoms with E-state index in [0.717, 1.165) is 17.0 Å². The molecular weight excluding hydrogens is 278 g/mol. The first-order chi connectivity index (χ1) is 10.6. The SMILES string of the molecule is Cc1cccc(NC(=O)[C@]2(C)CC(c3ccccc3)=NO2)n1. The average Bonchev–Trinajstić information content (AvgIpc) is 2.92. The average molecular weight is 295 g/mol. The monoisotopic (exact) mass is 295 g/mol. The van der Waals surface area contributed by atoms with E-state index in [4.69, 9.17) is 4.84 Å². The fraction of sp³-hybridized carbons (Fsp3) is 0.235. The van der Waals surface area contributed by atoms with Gasteiger partial charge in [-0.25, -0.2) is 4.98 Å². The quantitative estimate of drug-likeness (QED) is 0.947. The summed E-state index contributed by atoms with van der Waals surface area (Å²) in [6.07, 6.45) is 0.425. The number of carbonyl (C=O) groups excluding carboxylic acids is 1. The Labute approximate surface area is 129 Å². The minimum absolute atomic E-state index is 0.250. The Morgan fingerprint density at radius 1 is 1.18 bits per heavy atom. The highest BCUT2D eigenvalue weighted by molar-refractivity contribution is 6.07. The summed E-state index contributed by atoms with van der Waals surface area (Å²) in [7, 11) is 0. The molecule has 1 amide bonds. The summed E-state index contributed by atoms with van der Waals surface area (Å²) in [5.74, 6) is 0.267. The highest BCUT2D eigenvalue weighted by Crippen LogP contribution is 2.27. The van der Waals surface area contributed by atoms with Crippen LogP contribution in [-0.4, -0.2) is 22.2 Å². The second-order valence-electron chi connectivity index (χ2n) is 5.52. The van der Waals surface area contributed by atoms with Gasteiger partial charge in [0.25, 0.3) is 5.91 Å². The van der Waals surface area contributed by atoms with Crippen molar-refractivity contribution in [1.29, 1.82) is 0 Å². The summed E-state index contributed by atoms with van der Waals surface area (Å²) in [6.45, 7) is 3.61. The van der Waals surface area contributed by atoms with Crippen LogP contribution < -0.4 is 5.32 Å². The first kappa shape index (κ1) is 14.3. The number of aromatic nitrogens is 1. The lowest BCUT2D eigenvalue weighted by molar-refractivity contribution is -0.135. The van der Waals surface area contributed by atoms with Gasteiger partial charge >= 0.3 is 0 Å². The molecule has 1 aliphatic rings. The molecule has 0 radical (unpaired) electrons. The highest BCUT2D eigenvalue weighted by Gasteiger charge is 2.42. The zero-order valence-corrected chi connectivity index (χ0v) is 12.5. The molecule has 5 nitrogen and oxygen atoms in total. The Balaban J connectivity index is 1.72. The normalized spacial score (nSPS) is 20.2. The number of carbonyl (C=O) groups is 1. The molecule has 0 saturated heterocycles.